The molecule has 0 aromatic rings. The fraction of sp³-hybridized carbons (Fsp3) is 0.938. The lowest BCUT2D eigenvalue weighted by Gasteiger charge is -2.34. The number of rotatable bonds is 8. The third kappa shape index (κ3) is 4.45. The smallest absolute Gasteiger partial charge is 0.323 e. The van der Waals surface area contributed by atoms with Crippen LogP contribution in [0, 0.1) is 5.92 Å². The molecular weight excluding hydrogens is 252 g/mol. The Morgan fingerprint density at radius 2 is 2.15 bits per heavy atom. The van der Waals surface area contributed by atoms with Crippen molar-refractivity contribution in [1.82, 2.24) is 10.2 Å². The zero-order valence-corrected chi connectivity index (χ0v) is 13.1. The summed E-state index contributed by atoms with van der Waals surface area (Å²) in [5.41, 5.74) is 0. The maximum absolute atomic E-state index is 12.3. The van der Waals surface area contributed by atoms with Crippen LogP contribution in [0.4, 0.5) is 0 Å². The number of ether oxygens (including phenoxy) is 1. The highest BCUT2D eigenvalue weighted by Gasteiger charge is 2.38. The van der Waals surface area contributed by atoms with Gasteiger partial charge in [-0.3, -0.25) is 9.69 Å². The topological polar surface area (TPSA) is 41.6 Å². The van der Waals surface area contributed by atoms with Gasteiger partial charge in [0.05, 0.1) is 6.61 Å². The van der Waals surface area contributed by atoms with E-state index >= 15 is 0 Å². The van der Waals surface area contributed by atoms with Gasteiger partial charge >= 0.3 is 5.97 Å². The molecule has 4 nitrogen and oxygen atoms in total. The molecule has 0 spiro atoms. The van der Waals surface area contributed by atoms with Crippen molar-refractivity contribution >= 4 is 5.97 Å². The van der Waals surface area contributed by atoms with Crippen molar-refractivity contribution < 1.29 is 9.53 Å². The van der Waals surface area contributed by atoms with Gasteiger partial charge in [0.1, 0.15) is 6.04 Å². The van der Waals surface area contributed by atoms with Crippen LogP contribution in [0.15, 0.2) is 0 Å². The molecule has 1 N–H and O–H groups in total. The van der Waals surface area contributed by atoms with Gasteiger partial charge in [0.15, 0.2) is 0 Å². The minimum absolute atomic E-state index is 0.00924. The number of esters is 1. The van der Waals surface area contributed by atoms with Gasteiger partial charge in [0.2, 0.25) is 0 Å². The molecule has 20 heavy (non-hydrogen) atoms. The van der Waals surface area contributed by atoms with Crippen LogP contribution in [0.25, 0.3) is 0 Å². The van der Waals surface area contributed by atoms with E-state index in [0.717, 1.165) is 32.5 Å². The number of hydrogen-bond acceptors (Lipinski definition) is 4. The Bertz CT molecular complexity index is 299. The molecule has 2 atom stereocenters. The van der Waals surface area contributed by atoms with Crippen molar-refractivity contribution in [1.29, 1.82) is 0 Å². The van der Waals surface area contributed by atoms with Crippen LogP contribution in [0.5, 0.6) is 0 Å². The van der Waals surface area contributed by atoms with E-state index in [1.807, 2.05) is 6.92 Å². The second kappa shape index (κ2) is 7.99. The monoisotopic (exact) mass is 282 g/mol. The molecule has 1 aliphatic carbocycles. The van der Waals surface area contributed by atoms with Crippen LogP contribution in [-0.4, -0.2) is 49.2 Å². The predicted molar refractivity (Wildman–Crippen MR) is 80.7 cm³/mol. The minimum Gasteiger partial charge on any atom is -0.465 e. The Morgan fingerprint density at radius 3 is 2.70 bits per heavy atom. The maximum atomic E-state index is 12.3. The SMILES string of the molecule is CCCC(C(=O)OCC)N(CC1CCCNC1)C1CC1. The Hall–Kier alpha value is -0.610. The lowest BCUT2D eigenvalue weighted by Crippen LogP contribution is -2.48. The van der Waals surface area contributed by atoms with Gasteiger partial charge in [-0.25, -0.2) is 0 Å². The van der Waals surface area contributed by atoms with Gasteiger partial charge in [-0.15, -0.1) is 0 Å². The van der Waals surface area contributed by atoms with E-state index in [-0.39, 0.29) is 12.0 Å². The van der Waals surface area contributed by atoms with Gasteiger partial charge < -0.3 is 10.1 Å². The summed E-state index contributed by atoms with van der Waals surface area (Å²) in [7, 11) is 0. The third-order valence-electron chi connectivity index (χ3n) is 4.40. The van der Waals surface area contributed by atoms with Gasteiger partial charge in [-0.2, -0.15) is 0 Å². The highest BCUT2D eigenvalue weighted by Crippen LogP contribution is 2.32. The van der Waals surface area contributed by atoms with E-state index in [2.05, 4.69) is 17.1 Å². The van der Waals surface area contributed by atoms with Gasteiger partial charge in [0.25, 0.3) is 0 Å². The van der Waals surface area contributed by atoms with E-state index < -0.39 is 0 Å². The highest BCUT2D eigenvalue weighted by molar-refractivity contribution is 5.75. The standard InChI is InChI=1S/C16H30N2O2/c1-3-6-15(16(19)20-4-2)18(14-8-9-14)12-13-7-5-10-17-11-13/h13-15,17H,3-12H2,1-2H3. The molecule has 4 heteroatoms. The molecule has 2 fully saturated rings. The number of carbonyl (C=O) groups is 1. The first-order valence-electron chi connectivity index (χ1n) is 8.39. The maximum Gasteiger partial charge on any atom is 0.323 e. The predicted octanol–water partition coefficient (Wildman–Crippen LogP) is 2.18. The van der Waals surface area contributed by atoms with Crippen molar-refractivity contribution in [3.8, 4) is 0 Å². The number of nitrogens with zero attached hydrogens (tertiary/aromatic N) is 1. The summed E-state index contributed by atoms with van der Waals surface area (Å²) in [6.07, 6.45) is 7.02. The quantitative estimate of drug-likeness (QED) is 0.693. The summed E-state index contributed by atoms with van der Waals surface area (Å²) < 4.78 is 5.31. The molecule has 2 unspecified atom stereocenters. The zero-order chi connectivity index (χ0) is 14.4. The van der Waals surface area contributed by atoms with Crippen LogP contribution in [0.3, 0.4) is 0 Å². The van der Waals surface area contributed by atoms with Crippen LogP contribution in [0.1, 0.15) is 52.4 Å². The molecule has 1 heterocycles. The van der Waals surface area contributed by atoms with E-state index in [9.17, 15) is 4.79 Å². The highest BCUT2D eigenvalue weighted by atomic mass is 16.5. The Kier molecular flexibility index (Phi) is 6.30. The fourth-order valence-corrected chi connectivity index (χ4v) is 3.25. The molecule has 2 rings (SSSR count). The Balaban J connectivity index is 1.97. The molecule has 0 radical (unpaired) electrons. The summed E-state index contributed by atoms with van der Waals surface area (Å²) in [5.74, 6) is 0.683. The van der Waals surface area contributed by atoms with Gasteiger partial charge in [-0.1, -0.05) is 13.3 Å². The summed E-state index contributed by atoms with van der Waals surface area (Å²) >= 11 is 0. The zero-order valence-electron chi connectivity index (χ0n) is 13.1. The number of hydrogen-bond donors (Lipinski definition) is 1. The minimum atomic E-state index is -0.0191. The van der Waals surface area contributed by atoms with Crippen LogP contribution < -0.4 is 5.32 Å². The first kappa shape index (κ1) is 15.8. The van der Waals surface area contributed by atoms with E-state index in [0.29, 0.717) is 18.6 Å². The molecule has 0 aromatic heterocycles. The molecule has 0 aromatic carbocycles. The molecule has 1 aliphatic heterocycles. The van der Waals surface area contributed by atoms with E-state index in [4.69, 9.17) is 4.74 Å². The van der Waals surface area contributed by atoms with E-state index in [1.54, 1.807) is 0 Å². The lowest BCUT2D eigenvalue weighted by molar-refractivity contribution is -0.150. The van der Waals surface area contributed by atoms with Crippen LogP contribution in [0.2, 0.25) is 0 Å². The molecule has 1 saturated heterocycles. The van der Waals surface area contributed by atoms with Crippen LogP contribution in [-0.2, 0) is 9.53 Å². The number of nitrogens with one attached hydrogen (secondary N) is 1. The van der Waals surface area contributed by atoms with Crippen molar-refractivity contribution in [3.63, 3.8) is 0 Å². The molecular formula is C16H30N2O2. The first-order chi connectivity index (χ1) is 9.76. The van der Waals surface area contributed by atoms with Crippen molar-refractivity contribution in [3.05, 3.63) is 0 Å². The summed E-state index contributed by atoms with van der Waals surface area (Å²) in [6.45, 7) is 7.84. The van der Waals surface area contributed by atoms with Gasteiger partial charge in [-0.05, 0) is 58.0 Å². The lowest BCUT2D eigenvalue weighted by atomic mass is 9.97. The summed E-state index contributed by atoms with van der Waals surface area (Å²) in [5, 5.41) is 3.48. The summed E-state index contributed by atoms with van der Waals surface area (Å²) in [4.78, 5) is 14.7. The molecule has 0 bridgehead atoms. The second-order valence-corrected chi connectivity index (χ2v) is 6.20. The third-order valence-corrected chi connectivity index (χ3v) is 4.40. The fourth-order valence-electron chi connectivity index (χ4n) is 3.25. The van der Waals surface area contributed by atoms with Crippen molar-refractivity contribution in [2.45, 2.75) is 64.5 Å². The Morgan fingerprint density at radius 1 is 1.35 bits per heavy atom. The first-order valence-corrected chi connectivity index (χ1v) is 8.39. The number of piperidine rings is 1. The normalized spacial score (nSPS) is 24.6. The van der Waals surface area contributed by atoms with Crippen LogP contribution >= 0.6 is 0 Å². The molecule has 2 aliphatic rings. The summed E-state index contributed by atoms with van der Waals surface area (Å²) in [6, 6.07) is 0.604. The molecule has 1 saturated carbocycles. The molecule has 116 valence electrons. The Labute approximate surface area is 123 Å². The number of carbonyl (C=O) groups excluding carboxylic acids is 1. The van der Waals surface area contributed by atoms with Crippen molar-refractivity contribution in [2.75, 3.05) is 26.2 Å². The van der Waals surface area contributed by atoms with Gasteiger partial charge in [0, 0.05) is 12.6 Å². The largest absolute Gasteiger partial charge is 0.465 e. The van der Waals surface area contributed by atoms with E-state index in [1.165, 1.54) is 25.7 Å². The average molecular weight is 282 g/mol. The average Bonchev–Trinajstić information content (AvgIpc) is 3.28. The van der Waals surface area contributed by atoms with Crippen molar-refractivity contribution in [2.24, 2.45) is 5.92 Å². The second-order valence-electron chi connectivity index (χ2n) is 6.20. The molecule has 0 amide bonds.